The van der Waals surface area contributed by atoms with Crippen molar-refractivity contribution in [1.82, 2.24) is 5.32 Å². The number of oxime groups is 1. The molecule has 0 atom stereocenters. The summed E-state index contributed by atoms with van der Waals surface area (Å²) < 4.78 is 0. The Kier molecular flexibility index (Phi) is 5.26. The summed E-state index contributed by atoms with van der Waals surface area (Å²) in [5.74, 6) is 0.344. The third-order valence-electron chi connectivity index (χ3n) is 1.60. The Bertz CT molecular complexity index is 161. The van der Waals surface area contributed by atoms with Gasteiger partial charge in [0.25, 0.3) is 0 Å². The van der Waals surface area contributed by atoms with Crippen molar-refractivity contribution in [2.75, 3.05) is 13.7 Å². The van der Waals surface area contributed by atoms with Crippen LogP contribution in [-0.4, -0.2) is 19.6 Å². The highest BCUT2D eigenvalue weighted by molar-refractivity contribution is 5.77. The van der Waals surface area contributed by atoms with E-state index in [-0.39, 0.29) is 0 Å². The quantitative estimate of drug-likeness (QED) is 0.302. The first-order chi connectivity index (χ1) is 5.95. The van der Waals surface area contributed by atoms with Crippen LogP contribution in [0.25, 0.3) is 0 Å². The van der Waals surface area contributed by atoms with Crippen molar-refractivity contribution in [2.45, 2.75) is 33.6 Å². The molecule has 78 valence electrons. The van der Waals surface area contributed by atoms with Crippen LogP contribution in [0.1, 0.15) is 33.6 Å². The predicted molar refractivity (Wildman–Crippen MR) is 55.3 cm³/mol. The summed E-state index contributed by atoms with van der Waals surface area (Å²) >= 11 is 0. The minimum atomic E-state index is 0.344. The van der Waals surface area contributed by atoms with E-state index in [4.69, 9.17) is 5.73 Å². The molecule has 3 N–H and O–H groups in total. The molecule has 0 aliphatic heterocycles. The molecule has 4 heteroatoms. The van der Waals surface area contributed by atoms with Crippen LogP contribution in [-0.2, 0) is 4.84 Å². The maximum Gasteiger partial charge on any atom is 0.230 e. The van der Waals surface area contributed by atoms with Crippen LogP contribution < -0.4 is 11.1 Å². The zero-order chi connectivity index (χ0) is 10.3. The van der Waals surface area contributed by atoms with Gasteiger partial charge in [-0.1, -0.05) is 20.8 Å². The van der Waals surface area contributed by atoms with E-state index in [9.17, 15) is 0 Å². The summed E-state index contributed by atoms with van der Waals surface area (Å²) in [5, 5.41) is 6.50. The van der Waals surface area contributed by atoms with Gasteiger partial charge in [-0.25, -0.2) is 0 Å². The van der Waals surface area contributed by atoms with Crippen molar-refractivity contribution < 1.29 is 4.84 Å². The molecule has 0 aliphatic carbocycles. The molecule has 0 heterocycles. The zero-order valence-electron chi connectivity index (χ0n) is 9.05. The third-order valence-corrected chi connectivity index (χ3v) is 1.60. The van der Waals surface area contributed by atoms with Crippen LogP contribution in [0.5, 0.6) is 0 Å². The molecule has 0 spiro atoms. The highest BCUT2D eigenvalue weighted by Gasteiger charge is 2.08. The lowest BCUT2D eigenvalue weighted by Gasteiger charge is -2.17. The van der Waals surface area contributed by atoms with Gasteiger partial charge in [0.1, 0.15) is 7.11 Å². The Hall–Kier alpha value is -0.930. The van der Waals surface area contributed by atoms with Crippen molar-refractivity contribution in [1.29, 1.82) is 0 Å². The van der Waals surface area contributed by atoms with Crippen molar-refractivity contribution in [3.05, 3.63) is 0 Å². The molecule has 0 unspecified atom stereocenters. The van der Waals surface area contributed by atoms with Gasteiger partial charge in [-0.05, 0) is 23.4 Å². The van der Waals surface area contributed by atoms with Gasteiger partial charge in [0.2, 0.25) is 5.96 Å². The van der Waals surface area contributed by atoms with Crippen LogP contribution >= 0.6 is 0 Å². The van der Waals surface area contributed by atoms with Crippen molar-refractivity contribution in [3.8, 4) is 0 Å². The van der Waals surface area contributed by atoms with Crippen LogP contribution in [0, 0.1) is 5.41 Å². The van der Waals surface area contributed by atoms with Gasteiger partial charge in [-0.3, -0.25) is 0 Å². The first-order valence-corrected chi connectivity index (χ1v) is 4.56. The first-order valence-electron chi connectivity index (χ1n) is 4.56. The summed E-state index contributed by atoms with van der Waals surface area (Å²) in [5.41, 5.74) is 5.83. The Labute approximate surface area is 80.5 Å². The van der Waals surface area contributed by atoms with Crippen molar-refractivity contribution >= 4 is 5.96 Å². The average Bonchev–Trinajstić information content (AvgIpc) is 1.97. The second kappa shape index (κ2) is 5.67. The summed E-state index contributed by atoms with van der Waals surface area (Å²) in [4.78, 5) is 4.50. The van der Waals surface area contributed by atoms with Gasteiger partial charge in [0, 0.05) is 6.54 Å². The molecule has 0 fully saturated rings. The highest BCUT2D eigenvalue weighted by Crippen LogP contribution is 2.19. The van der Waals surface area contributed by atoms with E-state index in [1.165, 1.54) is 13.5 Å². The van der Waals surface area contributed by atoms with Gasteiger partial charge in [-0.15, -0.1) is 0 Å². The Morgan fingerprint density at radius 3 is 2.54 bits per heavy atom. The normalized spacial score (nSPS) is 12.8. The minimum Gasteiger partial charge on any atom is -0.396 e. The van der Waals surface area contributed by atoms with Gasteiger partial charge in [0.15, 0.2) is 0 Å². The molecule has 0 rings (SSSR count). The van der Waals surface area contributed by atoms with Crippen LogP contribution in [0.4, 0.5) is 0 Å². The average molecular weight is 187 g/mol. The molecule has 0 amide bonds. The second-order valence-electron chi connectivity index (χ2n) is 4.25. The smallest absolute Gasteiger partial charge is 0.230 e. The van der Waals surface area contributed by atoms with E-state index in [0.717, 1.165) is 13.0 Å². The number of hydrogen-bond donors (Lipinski definition) is 2. The lowest BCUT2D eigenvalue weighted by Crippen LogP contribution is -2.32. The van der Waals surface area contributed by atoms with Crippen LogP contribution in [0.3, 0.4) is 0 Å². The maximum atomic E-state index is 5.45. The molecule has 0 bridgehead atoms. The fraction of sp³-hybridized carbons (Fsp3) is 0.889. The molecule has 0 aromatic heterocycles. The molecule has 0 saturated heterocycles. The Balaban J connectivity index is 3.41. The fourth-order valence-corrected chi connectivity index (χ4v) is 0.966. The summed E-state index contributed by atoms with van der Waals surface area (Å²) in [6, 6.07) is 0. The standard InChI is InChI=1S/C9H21N3O/c1-9(2,3)6-5-7-11-8(10)12-13-4/h5-7H2,1-4H3,(H3,10,11,12). The molecule has 4 nitrogen and oxygen atoms in total. The number of nitrogens with two attached hydrogens (primary N) is 1. The number of nitrogens with one attached hydrogen (secondary N) is 1. The fourth-order valence-electron chi connectivity index (χ4n) is 0.966. The Morgan fingerprint density at radius 1 is 1.46 bits per heavy atom. The number of rotatable bonds is 4. The van der Waals surface area contributed by atoms with E-state index in [1.54, 1.807) is 0 Å². The van der Waals surface area contributed by atoms with E-state index in [1.807, 2.05) is 0 Å². The first kappa shape index (κ1) is 12.1. The number of nitrogens with zero attached hydrogens (tertiary/aromatic N) is 1. The zero-order valence-corrected chi connectivity index (χ0v) is 9.05. The largest absolute Gasteiger partial charge is 0.396 e. The Morgan fingerprint density at radius 2 is 2.08 bits per heavy atom. The molecule has 0 radical (unpaired) electrons. The molecular formula is C9H21N3O. The number of guanidine groups is 1. The van der Waals surface area contributed by atoms with Gasteiger partial charge in [-0.2, -0.15) is 0 Å². The third kappa shape index (κ3) is 8.98. The van der Waals surface area contributed by atoms with Crippen LogP contribution in [0.2, 0.25) is 0 Å². The molecule has 0 aromatic rings. The highest BCUT2D eigenvalue weighted by atomic mass is 16.6. The predicted octanol–water partition coefficient (Wildman–Crippen LogP) is 1.28. The number of hydrogen-bond acceptors (Lipinski definition) is 2. The van der Waals surface area contributed by atoms with Gasteiger partial charge in [0.05, 0.1) is 0 Å². The van der Waals surface area contributed by atoms with E-state index < -0.39 is 0 Å². The summed E-state index contributed by atoms with van der Waals surface area (Å²) in [6.45, 7) is 7.51. The maximum absolute atomic E-state index is 5.45. The lowest BCUT2D eigenvalue weighted by molar-refractivity contribution is 0.211. The summed E-state index contributed by atoms with van der Waals surface area (Å²) in [7, 11) is 1.48. The molecule has 0 saturated carbocycles. The SMILES string of the molecule is CO/N=C(\N)NCCCC(C)(C)C. The van der Waals surface area contributed by atoms with Gasteiger partial charge >= 0.3 is 0 Å². The van der Waals surface area contributed by atoms with Crippen molar-refractivity contribution in [3.63, 3.8) is 0 Å². The van der Waals surface area contributed by atoms with Crippen LogP contribution in [0.15, 0.2) is 5.16 Å². The molecule has 0 aliphatic rings. The monoisotopic (exact) mass is 187 g/mol. The van der Waals surface area contributed by atoms with E-state index in [0.29, 0.717) is 11.4 Å². The minimum absolute atomic E-state index is 0.344. The second-order valence-corrected chi connectivity index (χ2v) is 4.25. The van der Waals surface area contributed by atoms with Crippen molar-refractivity contribution in [2.24, 2.45) is 16.3 Å². The lowest BCUT2D eigenvalue weighted by atomic mass is 9.91. The van der Waals surface area contributed by atoms with Gasteiger partial charge < -0.3 is 15.9 Å². The topological polar surface area (TPSA) is 59.6 Å². The molecule has 0 aromatic carbocycles. The molecular weight excluding hydrogens is 166 g/mol. The van der Waals surface area contributed by atoms with E-state index >= 15 is 0 Å². The molecule has 13 heavy (non-hydrogen) atoms. The van der Waals surface area contributed by atoms with E-state index in [2.05, 4.69) is 36.1 Å². The summed E-state index contributed by atoms with van der Waals surface area (Å²) in [6.07, 6.45) is 2.25.